The van der Waals surface area contributed by atoms with E-state index in [9.17, 15) is 9.90 Å². The van der Waals surface area contributed by atoms with Crippen LogP contribution in [0.3, 0.4) is 0 Å². The molecule has 0 bridgehead atoms. The Balaban J connectivity index is 1.39. The van der Waals surface area contributed by atoms with Crippen LogP contribution in [-0.2, 0) is 11.2 Å². The van der Waals surface area contributed by atoms with Crippen molar-refractivity contribution in [1.82, 2.24) is 4.90 Å². The Hall–Kier alpha value is -2.08. The van der Waals surface area contributed by atoms with E-state index in [0.29, 0.717) is 18.7 Å². The molecule has 2 aromatic rings. The SMILES string of the molecule is O=CCc1ccc(OCC(O)CN2CCN(c3ccc(Cl)cc3)CC2)cc1. The number of β-amino-alcohol motifs (C(OH)–C–C–N with tert-alkyl or cyclic N) is 1. The number of carbonyl (C=O) groups excluding carboxylic acids is 1. The molecule has 0 saturated carbocycles. The molecule has 1 atom stereocenters. The number of piperazine rings is 1. The van der Waals surface area contributed by atoms with Crippen molar-refractivity contribution >= 4 is 23.6 Å². The summed E-state index contributed by atoms with van der Waals surface area (Å²) in [6.07, 6.45) is 0.749. The summed E-state index contributed by atoms with van der Waals surface area (Å²) in [4.78, 5) is 15.1. The van der Waals surface area contributed by atoms with E-state index in [0.717, 1.165) is 43.1 Å². The minimum absolute atomic E-state index is 0.254. The largest absolute Gasteiger partial charge is 0.491 e. The predicted octanol–water partition coefficient (Wildman–Crippen LogP) is 2.64. The topological polar surface area (TPSA) is 53.0 Å². The molecule has 144 valence electrons. The second-order valence-corrected chi connectivity index (χ2v) is 7.18. The number of hydrogen-bond acceptors (Lipinski definition) is 5. The van der Waals surface area contributed by atoms with E-state index in [1.807, 2.05) is 48.5 Å². The maximum atomic E-state index is 10.5. The fraction of sp³-hybridized carbons (Fsp3) is 0.381. The first kappa shape index (κ1) is 19.7. The summed E-state index contributed by atoms with van der Waals surface area (Å²) >= 11 is 5.95. The van der Waals surface area contributed by atoms with E-state index in [-0.39, 0.29) is 6.61 Å². The van der Waals surface area contributed by atoms with Gasteiger partial charge in [-0.05, 0) is 42.0 Å². The van der Waals surface area contributed by atoms with E-state index in [1.54, 1.807) is 0 Å². The first-order valence-corrected chi connectivity index (χ1v) is 9.58. The fourth-order valence-corrected chi connectivity index (χ4v) is 3.33. The molecule has 6 heteroatoms. The molecule has 1 aliphatic heterocycles. The fourth-order valence-electron chi connectivity index (χ4n) is 3.20. The van der Waals surface area contributed by atoms with Crippen LogP contribution in [0.15, 0.2) is 48.5 Å². The standard InChI is InChI=1S/C21H25ClN2O3/c22-18-3-5-19(6-4-18)24-12-10-23(11-13-24)15-20(26)16-27-21-7-1-17(2-8-21)9-14-25/h1-8,14,20,26H,9-13,15-16H2. The van der Waals surface area contributed by atoms with Crippen LogP contribution in [0.1, 0.15) is 5.56 Å². The molecule has 1 N–H and O–H groups in total. The first-order chi connectivity index (χ1) is 13.1. The van der Waals surface area contributed by atoms with Crippen LogP contribution in [0.25, 0.3) is 0 Å². The van der Waals surface area contributed by atoms with Crippen LogP contribution in [0.5, 0.6) is 5.75 Å². The molecule has 0 amide bonds. The van der Waals surface area contributed by atoms with Crippen molar-refractivity contribution in [2.75, 3.05) is 44.2 Å². The van der Waals surface area contributed by atoms with Crippen LogP contribution >= 0.6 is 11.6 Å². The number of carbonyl (C=O) groups is 1. The van der Waals surface area contributed by atoms with Gasteiger partial charge in [-0.25, -0.2) is 0 Å². The Labute approximate surface area is 165 Å². The summed E-state index contributed by atoms with van der Waals surface area (Å²) in [6.45, 7) is 4.50. The minimum atomic E-state index is -0.540. The van der Waals surface area contributed by atoms with E-state index in [1.165, 1.54) is 5.69 Å². The predicted molar refractivity (Wildman–Crippen MR) is 108 cm³/mol. The molecule has 0 aliphatic carbocycles. The van der Waals surface area contributed by atoms with Crippen molar-refractivity contribution in [2.45, 2.75) is 12.5 Å². The summed E-state index contributed by atoms with van der Waals surface area (Å²) in [5.74, 6) is 0.705. The molecular formula is C21H25ClN2O3. The number of aldehydes is 1. The number of nitrogens with zero attached hydrogens (tertiary/aromatic N) is 2. The zero-order valence-corrected chi connectivity index (χ0v) is 16.0. The molecule has 27 heavy (non-hydrogen) atoms. The Morgan fingerprint density at radius 1 is 1.04 bits per heavy atom. The maximum absolute atomic E-state index is 10.5. The number of halogens is 1. The average molecular weight is 389 g/mol. The summed E-state index contributed by atoms with van der Waals surface area (Å²) in [5, 5.41) is 11.0. The monoisotopic (exact) mass is 388 g/mol. The van der Waals surface area contributed by atoms with Crippen molar-refractivity contribution in [3.63, 3.8) is 0 Å². The highest BCUT2D eigenvalue weighted by Gasteiger charge is 2.19. The molecule has 0 radical (unpaired) electrons. The smallest absolute Gasteiger partial charge is 0.124 e. The van der Waals surface area contributed by atoms with E-state index >= 15 is 0 Å². The summed E-state index contributed by atoms with van der Waals surface area (Å²) in [6, 6.07) is 15.3. The Morgan fingerprint density at radius 2 is 1.70 bits per heavy atom. The van der Waals surface area contributed by atoms with Crippen molar-refractivity contribution in [3.8, 4) is 5.75 Å². The van der Waals surface area contributed by atoms with Gasteiger partial charge in [-0.2, -0.15) is 0 Å². The lowest BCUT2D eigenvalue weighted by Crippen LogP contribution is -2.49. The van der Waals surface area contributed by atoms with Crippen LogP contribution in [0.4, 0.5) is 5.69 Å². The van der Waals surface area contributed by atoms with Crippen LogP contribution in [-0.4, -0.2) is 61.7 Å². The van der Waals surface area contributed by atoms with Crippen LogP contribution in [0, 0.1) is 0 Å². The Morgan fingerprint density at radius 3 is 2.33 bits per heavy atom. The maximum Gasteiger partial charge on any atom is 0.124 e. The Kier molecular flexibility index (Phi) is 7.10. The number of benzene rings is 2. The third-order valence-electron chi connectivity index (χ3n) is 4.72. The van der Waals surface area contributed by atoms with Gasteiger partial charge in [0.25, 0.3) is 0 Å². The highest BCUT2D eigenvalue weighted by molar-refractivity contribution is 6.30. The number of rotatable bonds is 8. The molecular weight excluding hydrogens is 364 g/mol. The average Bonchev–Trinajstić information content (AvgIpc) is 2.69. The number of aliphatic hydroxyl groups excluding tert-OH is 1. The summed E-state index contributed by atoms with van der Waals surface area (Å²) in [7, 11) is 0. The third kappa shape index (κ3) is 5.96. The molecule has 1 fully saturated rings. The number of anilines is 1. The van der Waals surface area contributed by atoms with Gasteiger partial charge in [-0.3, -0.25) is 4.90 Å². The molecule has 3 rings (SSSR count). The van der Waals surface area contributed by atoms with E-state index in [2.05, 4.69) is 9.80 Å². The molecule has 0 aromatic heterocycles. The van der Waals surface area contributed by atoms with Gasteiger partial charge in [-0.1, -0.05) is 23.7 Å². The van der Waals surface area contributed by atoms with Crippen molar-refractivity contribution in [3.05, 3.63) is 59.1 Å². The third-order valence-corrected chi connectivity index (χ3v) is 4.97. The highest BCUT2D eigenvalue weighted by Crippen LogP contribution is 2.19. The van der Waals surface area contributed by atoms with Crippen LogP contribution in [0.2, 0.25) is 5.02 Å². The second-order valence-electron chi connectivity index (χ2n) is 6.74. The van der Waals surface area contributed by atoms with Gasteiger partial charge in [0.05, 0.1) is 0 Å². The van der Waals surface area contributed by atoms with Crippen molar-refractivity contribution < 1.29 is 14.6 Å². The summed E-state index contributed by atoms with van der Waals surface area (Å²) in [5.41, 5.74) is 2.14. The van der Waals surface area contributed by atoms with Gasteiger partial charge in [0.1, 0.15) is 24.7 Å². The molecule has 1 heterocycles. The lowest BCUT2D eigenvalue weighted by molar-refractivity contribution is -0.107. The first-order valence-electron chi connectivity index (χ1n) is 9.20. The van der Waals surface area contributed by atoms with Gasteiger partial charge in [0, 0.05) is 49.9 Å². The lowest BCUT2D eigenvalue weighted by Gasteiger charge is -2.36. The molecule has 2 aromatic carbocycles. The van der Waals surface area contributed by atoms with Crippen LogP contribution < -0.4 is 9.64 Å². The zero-order chi connectivity index (χ0) is 19.1. The van der Waals surface area contributed by atoms with Gasteiger partial charge in [0.2, 0.25) is 0 Å². The number of ether oxygens (including phenoxy) is 1. The lowest BCUT2D eigenvalue weighted by atomic mass is 10.2. The highest BCUT2D eigenvalue weighted by atomic mass is 35.5. The van der Waals surface area contributed by atoms with Crippen molar-refractivity contribution in [2.24, 2.45) is 0 Å². The molecule has 1 saturated heterocycles. The molecule has 1 unspecified atom stereocenters. The summed E-state index contributed by atoms with van der Waals surface area (Å²) < 4.78 is 5.66. The quantitative estimate of drug-likeness (QED) is 0.704. The number of aliphatic hydroxyl groups is 1. The molecule has 0 spiro atoms. The van der Waals surface area contributed by atoms with Crippen molar-refractivity contribution in [1.29, 1.82) is 0 Å². The zero-order valence-electron chi connectivity index (χ0n) is 15.3. The van der Waals surface area contributed by atoms with Gasteiger partial charge >= 0.3 is 0 Å². The van der Waals surface area contributed by atoms with Gasteiger partial charge < -0.3 is 19.5 Å². The van der Waals surface area contributed by atoms with E-state index < -0.39 is 6.10 Å². The normalized spacial score (nSPS) is 16.1. The molecule has 5 nitrogen and oxygen atoms in total. The second kappa shape index (κ2) is 9.74. The Bertz CT molecular complexity index is 713. The minimum Gasteiger partial charge on any atom is -0.491 e. The number of hydrogen-bond donors (Lipinski definition) is 1. The van der Waals surface area contributed by atoms with Gasteiger partial charge in [0.15, 0.2) is 0 Å². The molecule has 1 aliphatic rings. The van der Waals surface area contributed by atoms with E-state index in [4.69, 9.17) is 16.3 Å². The van der Waals surface area contributed by atoms with Gasteiger partial charge in [-0.15, -0.1) is 0 Å².